The zero-order valence-electron chi connectivity index (χ0n) is 22.2. The maximum atomic E-state index is 11.8. The first-order chi connectivity index (χ1) is 17.0. The van der Waals surface area contributed by atoms with Crippen LogP contribution in [0.1, 0.15) is 85.5 Å². The first kappa shape index (κ1) is 28.1. The molecule has 4 aliphatic rings. The van der Waals surface area contributed by atoms with Crippen LogP contribution >= 0.6 is 7.82 Å². The van der Waals surface area contributed by atoms with Gasteiger partial charge < -0.3 is 19.3 Å². The monoisotopic (exact) mass is 528 g/mol. The van der Waals surface area contributed by atoms with E-state index >= 15 is 0 Å². The molecule has 8 nitrogen and oxygen atoms in total. The van der Waals surface area contributed by atoms with Crippen molar-refractivity contribution < 1.29 is 37.9 Å². The predicted molar refractivity (Wildman–Crippen MR) is 133 cm³/mol. The van der Waals surface area contributed by atoms with Crippen molar-refractivity contribution in [3.05, 3.63) is 0 Å². The maximum absolute atomic E-state index is 11.8. The van der Waals surface area contributed by atoms with Gasteiger partial charge in [-0.05, 0) is 104 Å². The van der Waals surface area contributed by atoms with E-state index in [1.54, 1.807) is 0 Å². The van der Waals surface area contributed by atoms with Crippen molar-refractivity contribution in [1.82, 2.24) is 0 Å². The Labute approximate surface area is 215 Å². The second-order valence-electron chi connectivity index (χ2n) is 12.6. The van der Waals surface area contributed by atoms with E-state index in [9.17, 15) is 14.2 Å². The second kappa shape index (κ2) is 10.7. The Morgan fingerprint density at radius 3 is 2.28 bits per heavy atom. The Hall–Kier alpha value is -0.950. The molecule has 4 fully saturated rings. The highest BCUT2D eigenvalue weighted by Gasteiger charge is 2.65. The van der Waals surface area contributed by atoms with E-state index in [2.05, 4.69) is 27.7 Å². The fraction of sp³-hybridized carbons (Fsp3) is 0.926. The molecule has 4 saturated carbocycles. The zero-order chi connectivity index (χ0) is 26.3. The highest BCUT2D eigenvalue weighted by Crippen LogP contribution is 2.70. The van der Waals surface area contributed by atoms with Gasteiger partial charge in [-0.2, -0.15) is 0 Å². The summed E-state index contributed by atoms with van der Waals surface area (Å²) in [7, 11) is -4.45. The summed E-state index contributed by atoms with van der Waals surface area (Å²) >= 11 is 0. The van der Waals surface area contributed by atoms with Crippen LogP contribution in [0.5, 0.6) is 0 Å². The van der Waals surface area contributed by atoms with Crippen molar-refractivity contribution in [2.75, 3.05) is 6.61 Å². The Kier molecular flexibility index (Phi) is 8.32. The molecular formula is C27H45O8P. The molecule has 36 heavy (non-hydrogen) atoms. The molecule has 0 saturated heterocycles. The lowest BCUT2D eigenvalue weighted by Gasteiger charge is -2.65. The summed E-state index contributed by atoms with van der Waals surface area (Å²) < 4.78 is 27.3. The third-order valence-corrected chi connectivity index (χ3v) is 11.9. The fourth-order valence-electron chi connectivity index (χ4n) is 9.90. The standard InChI is InChI=1S/C27H45O8P/c1-5-19-23-14-18(33-15-28)8-11-27(23,4)22-9-12-26(3)20(17(2)10-13-35-36(30,31)32)6-7-21(26)24(22)25(19)34-16-29/h15-25H,5-14H2,1-4H3,(H2,30,31,32)/t17-,18-,19-,20-,21?,22?,23?,24?,25-,26-,27-/m1/s1. The average molecular weight is 529 g/mol. The number of hydrogen-bond donors (Lipinski definition) is 2. The van der Waals surface area contributed by atoms with E-state index in [1.165, 1.54) is 0 Å². The van der Waals surface area contributed by atoms with Crippen LogP contribution < -0.4 is 0 Å². The van der Waals surface area contributed by atoms with Crippen LogP contribution in [0.15, 0.2) is 0 Å². The van der Waals surface area contributed by atoms with E-state index < -0.39 is 7.82 Å². The van der Waals surface area contributed by atoms with E-state index in [1.807, 2.05) is 0 Å². The quantitative estimate of drug-likeness (QED) is 0.297. The number of phosphoric acid groups is 1. The van der Waals surface area contributed by atoms with Crippen LogP contribution in [0.4, 0.5) is 0 Å². The topological polar surface area (TPSA) is 119 Å². The van der Waals surface area contributed by atoms with Crippen LogP contribution in [0.2, 0.25) is 0 Å². The number of carbonyl (C=O) groups is 2. The fourth-order valence-corrected chi connectivity index (χ4v) is 10.2. The molecule has 0 radical (unpaired) electrons. The van der Waals surface area contributed by atoms with Crippen molar-refractivity contribution in [1.29, 1.82) is 0 Å². The lowest BCUT2D eigenvalue weighted by molar-refractivity contribution is -0.213. The van der Waals surface area contributed by atoms with Gasteiger partial charge in [0.15, 0.2) is 0 Å². The van der Waals surface area contributed by atoms with Crippen molar-refractivity contribution in [3.63, 3.8) is 0 Å². The molecule has 2 N–H and O–H groups in total. The summed E-state index contributed by atoms with van der Waals surface area (Å²) in [5, 5.41) is 0. The van der Waals surface area contributed by atoms with E-state index in [4.69, 9.17) is 23.8 Å². The summed E-state index contributed by atoms with van der Waals surface area (Å²) in [6.07, 6.45) is 8.55. The van der Waals surface area contributed by atoms with Crippen LogP contribution in [0.25, 0.3) is 0 Å². The Balaban J connectivity index is 1.60. The summed E-state index contributed by atoms with van der Waals surface area (Å²) in [5.41, 5.74) is 0.242. The number of carbonyl (C=O) groups excluding carboxylic acids is 2. The molecule has 0 spiro atoms. The lowest BCUT2D eigenvalue weighted by Crippen LogP contribution is -2.62. The zero-order valence-corrected chi connectivity index (χ0v) is 23.1. The van der Waals surface area contributed by atoms with Gasteiger partial charge in [0.25, 0.3) is 12.9 Å². The van der Waals surface area contributed by atoms with Crippen LogP contribution in [-0.4, -0.2) is 41.5 Å². The molecule has 4 rings (SSSR count). The van der Waals surface area contributed by atoms with Gasteiger partial charge in [-0.3, -0.25) is 14.1 Å². The van der Waals surface area contributed by atoms with Gasteiger partial charge >= 0.3 is 7.82 Å². The largest absolute Gasteiger partial charge is 0.469 e. The maximum Gasteiger partial charge on any atom is 0.469 e. The molecule has 11 atom stereocenters. The molecule has 206 valence electrons. The minimum absolute atomic E-state index is 0.0519. The summed E-state index contributed by atoms with van der Waals surface area (Å²) in [4.78, 5) is 41.0. The molecule has 0 aliphatic heterocycles. The number of fused-ring (bicyclic) bond motifs is 5. The van der Waals surface area contributed by atoms with Crippen LogP contribution in [0.3, 0.4) is 0 Å². The molecule has 0 aromatic carbocycles. The minimum atomic E-state index is -4.45. The molecule has 4 aliphatic carbocycles. The summed E-state index contributed by atoms with van der Waals surface area (Å²) in [6, 6.07) is 0. The van der Waals surface area contributed by atoms with E-state index in [-0.39, 0.29) is 35.6 Å². The summed E-state index contributed by atoms with van der Waals surface area (Å²) in [5.74, 6) is 2.57. The smallest absolute Gasteiger partial charge is 0.465 e. The molecule has 9 heteroatoms. The van der Waals surface area contributed by atoms with Crippen molar-refractivity contribution in [2.45, 2.75) is 97.7 Å². The van der Waals surface area contributed by atoms with Crippen molar-refractivity contribution in [3.8, 4) is 0 Å². The lowest BCUT2D eigenvalue weighted by atomic mass is 9.41. The number of hydrogen-bond acceptors (Lipinski definition) is 6. The molecule has 0 aromatic heterocycles. The highest BCUT2D eigenvalue weighted by atomic mass is 31.2. The number of rotatable bonds is 10. The SMILES string of the molecule is CC[C@@H]1C2C[C@H](OC=O)CC[C@]2(C)C2CC[C@@]3(C)C(CC[C@@H]3[C@H](C)CCOP(=O)(O)O)C2[C@@H]1OC=O. The van der Waals surface area contributed by atoms with Gasteiger partial charge in [0.2, 0.25) is 0 Å². The minimum Gasteiger partial charge on any atom is -0.465 e. The normalized spacial score (nSPS) is 45.1. The highest BCUT2D eigenvalue weighted by molar-refractivity contribution is 7.46. The van der Waals surface area contributed by atoms with Crippen LogP contribution in [-0.2, 0) is 28.2 Å². The van der Waals surface area contributed by atoms with Gasteiger partial charge in [0.05, 0.1) is 6.61 Å². The Morgan fingerprint density at radius 1 is 0.972 bits per heavy atom. The first-order valence-electron chi connectivity index (χ1n) is 13.9. The molecule has 0 bridgehead atoms. The molecular weight excluding hydrogens is 483 g/mol. The molecule has 0 aromatic rings. The van der Waals surface area contributed by atoms with Crippen molar-refractivity contribution >= 4 is 20.8 Å². The van der Waals surface area contributed by atoms with Crippen molar-refractivity contribution in [2.24, 2.45) is 52.3 Å². The predicted octanol–water partition coefficient (Wildman–Crippen LogP) is 5.11. The average Bonchev–Trinajstić information content (AvgIpc) is 3.16. The van der Waals surface area contributed by atoms with Crippen LogP contribution in [0, 0.1) is 52.3 Å². The first-order valence-corrected chi connectivity index (χ1v) is 15.4. The van der Waals surface area contributed by atoms with Gasteiger partial charge in [0, 0.05) is 5.92 Å². The van der Waals surface area contributed by atoms with Gasteiger partial charge in [0.1, 0.15) is 12.2 Å². The third kappa shape index (κ3) is 4.92. The van der Waals surface area contributed by atoms with E-state index in [0.29, 0.717) is 54.9 Å². The second-order valence-corrected chi connectivity index (χ2v) is 13.9. The van der Waals surface area contributed by atoms with Gasteiger partial charge in [-0.25, -0.2) is 4.57 Å². The van der Waals surface area contributed by atoms with Gasteiger partial charge in [-0.1, -0.05) is 27.7 Å². The third-order valence-electron chi connectivity index (χ3n) is 11.4. The molecule has 0 heterocycles. The molecule has 0 amide bonds. The summed E-state index contributed by atoms with van der Waals surface area (Å²) in [6.45, 7) is 10.5. The number of phosphoric ester groups is 1. The Bertz CT molecular complexity index is 846. The van der Waals surface area contributed by atoms with Gasteiger partial charge in [-0.15, -0.1) is 0 Å². The van der Waals surface area contributed by atoms with E-state index in [0.717, 1.165) is 51.4 Å². The molecule has 4 unspecified atom stereocenters. The Morgan fingerprint density at radius 2 is 1.64 bits per heavy atom. The number of ether oxygens (including phenoxy) is 2.